The van der Waals surface area contributed by atoms with Crippen molar-refractivity contribution in [2.45, 2.75) is 6.61 Å². The third-order valence-electron chi connectivity index (χ3n) is 2.88. The van der Waals surface area contributed by atoms with E-state index in [0.717, 1.165) is 22.6 Å². The summed E-state index contributed by atoms with van der Waals surface area (Å²) in [6.07, 6.45) is 3.10. The summed E-state index contributed by atoms with van der Waals surface area (Å²) in [6, 6.07) is 17.8. The molecule has 0 atom stereocenters. The second-order valence-electron chi connectivity index (χ2n) is 4.29. The van der Waals surface area contributed by atoms with Crippen molar-refractivity contribution >= 4 is 0 Å². The fourth-order valence-corrected chi connectivity index (χ4v) is 1.84. The van der Waals surface area contributed by atoms with E-state index in [1.165, 1.54) is 6.33 Å². The third kappa shape index (κ3) is 2.98. The van der Waals surface area contributed by atoms with Crippen LogP contribution in [0.2, 0.25) is 0 Å². The molecule has 0 bridgehead atoms. The molecule has 0 saturated heterocycles. The quantitative estimate of drug-likeness (QED) is 0.725. The highest BCUT2D eigenvalue weighted by atomic mass is 16.5. The predicted molar refractivity (Wildman–Crippen MR) is 76.0 cm³/mol. The highest BCUT2D eigenvalue weighted by molar-refractivity contribution is 5.58. The van der Waals surface area contributed by atoms with Crippen molar-refractivity contribution < 1.29 is 4.74 Å². The average molecular weight is 263 g/mol. The minimum Gasteiger partial charge on any atom is -0.489 e. The van der Waals surface area contributed by atoms with Gasteiger partial charge in [0.25, 0.3) is 0 Å². The first-order chi connectivity index (χ1) is 9.92. The molecular weight excluding hydrogens is 250 g/mol. The normalized spacial score (nSPS) is 10.2. The molecule has 0 fully saturated rings. The number of rotatable bonds is 4. The van der Waals surface area contributed by atoms with Gasteiger partial charge in [0.2, 0.25) is 0 Å². The van der Waals surface area contributed by atoms with Crippen LogP contribution in [0.25, 0.3) is 11.3 Å². The van der Waals surface area contributed by atoms with Crippen molar-refractivity contribution in [2.24, 2.45) is 0 Å². The Morgan fingerprint density at radius 2 is 1.70 bits per heavy atom. The van der Waals surface area contributed by atoms with Crippen molar-refractivity contribution in [3.63, 3.8) is 0 Å². The number of hydrogen-bond acceptors (Lipinski definition) is 4. The van der Waals surface area contributed by atoms with E-state index in [9.17, 15) is 0 Å². The number of aromatic nitrogens is 3. The van der Waals surface area contributed by atoms with E-state index in [1.54, 1.807) is 6.20 Å². The second-order valence-corrected chi connectivity index (χ2v) is 4.29. The van der Waals surface area contributed by atoms with Crippen LogP contribution in [-0.2, 0) is 6.61 Å². The van der Waals surface area contributed by atoms with Gasteiger partial charge in [-0.05, 0) is 29.8 Å². The summed E-state index contributed by atoms with van der Waals surface area (Å²) < 4.78 is 5.73. The maximum Gasteiger partial charge on any atom is 0.138 e. The number of nitrogens with zero attached hydrogens (tertiary/aromatic N) is 3. The summed E-state index contributed by atoms with van der Waals surface area (Å²) in [5.41, 5.74) is 2.87. The first-order valence-electron chi connectivity index (χ1n) is 6.32. The van der Waals surface area contributed by atoms with Crippen LogP contribution in [0.4, 0.5) is 0 Å². The van der Waals surface area contributed by atoms with E-state index in [-0.39, 0.29) is 0 Å². The molecule has 2 aromatic carbocycles. The molecule has 0 amide bonds. The standard InChI is InChI=1S/C16H13N3O/c1-2-4-13(5-3-1)11-20-15-8-6-14(7-9-15)16-10-17-12-18-19-16/h1-10,12H,11H2. The lowest BCUT2D eigenvalue weighted by molar-refractivity contribution is 0.306. The molecule has 0 N–H and O–H groups in total. The Bertz CT molecular complexity index is 654. The van der Waals surface area contributed by atoms with Gasteiger partial charge < -0.3 is 4.74 Å². The van der Waals surface area contributed by atoms with Crippen LogP contribution in [0.1, 0.15) is 5.56 Å². The molecule has 4 nitrogen and oxygen atoms in total. The van der Waals surface area contributed by atoms with Gasteiger partial charge in [0, 0.05) is 5.56 Å². The van der Waals surface area contributed by atoms with Crippen molar-refractivity contribution in [1.29, 1.82) is 0 Å². The molecule has 4 heteroatoms. The van der Waals surface area contributed by atoms with E-state index in [0.29, 0.717) is 6.61 Å². The number of ether oxygens (including phenoxy) is 1. The molecule has 0 spiro atoms. The molecule has 0 aliphatic carbocycles. The lowest BCUT2D eigenvalue weighted by Crippen LogP contribution is -1.95. The van der Waals surface area contributed by atoms with Gasteiger partial charge in [-0.3, -0.25) is 0 Å². The van der Waals surface area contributed by atoms with Gasteiger partial charge in [-0.1, -0.05) is 30.3 Å². The van der Waals surface area contributed by atoms with Gasteiger partial charge in [-0.2, -0.15) is 0 Å². The molecular formula is C16H13N3O. The third-order valence-corrected chi connectivity index (χ3v) is 2.88. The van der Waals surface area contributed by atoms with Crippen LogP contribution in [-0.4, -0.2) is 15.2 Å². The minimum atomic E-state index is 0.562. The van der Waals surface area contributed by atoms with E-state index in [4.69, 9.17) is 4.74 Å². The van der Waals surface area contributed by atoms with Crippen molar-refractivity contribution in [3.8, 4) is 17.0 Å². The Kier molecular flexibility index (Phi) is 3.64. The van der Waals surface area contributed by atoms with E-state index < -0.39 is 0 Å². The van der Waals surface area contributed by atoms with Crippen LogP contribution in [0.15, 0.2) is 67.1 Å². The first-order valence-corrected chi connectivity index (χ1v) is 6.32. The number of hydrogen-bond donors (Lipinski definition) is 0. The smallest absolute Gasteiger partial charge is 0.138 e. The van der Waals surface area contributed by atoms with Gasteiger partial charge in [0.1, 0.15) is 24.4 Å². The highest BCUT2D eigenvalue weighted by Crippen LogP contribution is 2.20. The van der Waals surface area contributed by atoms with Crippen LogP contribution < -0.4 is 4.74 Å². The van der Waals surface area contributed by atoms with E-state index in [2.05, 4.69) is 15.2 Å². The van der Waals surface area contributed by atoms with Crippen LogP contribution in [0.3, 0.4) is 0 Å². The van der Waals surface area contributed by atoms with Gasteiger partial charge in [0.05, 0.1) is 6.20 Å². The average Bonchev–Trinajstić information content (AvgIpc) is 2.55. The fourth-order valence-electron chi connectivity index (χ4n) is 1.84. The minimum absolute atomic E-state index is 0.562. The van der Waals surface area contributed by atoms with Crippen LogP contribution in [0, 0.1) is 0 Å². The Hall–Kier alpha value is -2.75. The zero-order valence-corrected chi connectivity index (χ0v) is 10.8. The van der Waals surface area contributed by atoms with E-state index in [1.807, 2.05) is 54.6 Å². The van der Waals surface area contributed by atoms with Gasteiger partial charge in [0.15, 0.2) is 0 Å². The van der Waals surface area contributed by atoms with Crippen molar-refractivity contribution in [2.75, 3.05) is 0 Å². The monoisotopic (exact) mass is 263 g/mol. The van der Waals surface area contributed by atoms with Crippen LogP contribution in [0.5, 0.6) is 5.75 Å². The maximum absolute atomic E-state index is 5.73. The molecule has 0 aliphatic heterocycles. The lowest BCUT2D eigenvalue weighted by Gasteiger charge is -2.07. The summed E-state index contributed by atoms with van der Waals surface area (Å²) in [4.78, 5) is 3.95. The van der Waals surface area contributed by atoms with Crippen molar-refractivity contribution in [1.82, 2.24) is 15.2 Å². The lowest BCUT2D eigenvalue weighted by atomic mass is 10.1. The van der Waals surface area contributed by atoms with Gasteiger partial charge in [-0.25, -0.2) is 4.98 Å². The van der Waals surface area contributed by atoms with Crippen LogP contribution >= 0.6 is 0 Å². The van der Waals surface area contributed by atoms with E-state index >= 15 is 0 Å². The fraction of sp³-hybridized carbons (Fsp3) is 0.0625. The predicted octanol–water partition coefficient (Wildman–Crippen LogP) is 3.12. The first kappa shape index (κ1) is 12.3. The Labute approximate surface area is 117 Å². The summed E-state index contributed by atoms with van der Waals surface area (Å²) in [7, 11) is 0. The molecule has 1 heterocycles. The molecule has 0 radical (unpaired) electrons. The zero-order chi connectivity index (χ0) is 13.6. The summed E-state index contributed by atoms with van der Waals surface area (Å²) in [5, 5.41) is 7.79. The topological polar surface area (TPSA) is 47.9 Å². The summed E-state index contributed by atoms with van der Waals surface area (Å²) >= 11 is 0. The SMILES string of the molecule is c1ccc(COc2ccc(-c3cncnn3)cc2)cc1. The maximum atomic E-state index is 5.73. The zero-order valence-electron chi connectivity index (χ0n) is 10.8. The van der Waals surface area contributed by atoms with Crippen molar-refractivity contribution in [3.05, 3.63) is 72.7 Å². The molecule has 3 rings (SSSR count). The molecule has 0 unspecified atom stereocenters. The highest BCUT2D eigenvalue weighted by Gasteiger charge is 2.00. The largest absolute Gasteiger partial charge is 0.489 e. The molecule has 0 saturated carbocycles. The summed E-state index contributed by atoms with van der Waals surface area (Å²) in [5.74, 6) is 0.828. The molecule has 20 heavy (non-hydrogen) atoms. The molecule has 1 aromatic heterocycles. The second kappa shape index (κ2) is 5.93. The molecule has 3 aromatic rings. The number of benzene rings is 2. The summed E-state index contributed by atoms with van der Waals surface area (Å²) in [6.45, 7) is 0.562. The Morgan fingerprint density at radius 1 is 0.900 bits per heavy atom. The van der Waals surface area contributed by atoms with Gasteiger partial charge >= 0.3 is 0 Å². The Morgan fingerprint density at radius 3 is 2.40 bits per heavy atom. The molecule has 0 aliphatic rings. The molecule has 98 valence electrons. The van der Waals surface area contributed by atoms with Gasteiger partial charge in [-0.15, -0.1) is 10.2 Å². The Balaban J connectivity index is 1.68.